The van der Waals surface area contributed by atoms with Crippen LogP contribution in [-0.4, -0.2) is 57.4 Å². The normalized spacial score (nSPS) is 18.1. The van der Waals surface area contributed by atoms with Gasteiger partial charge in [0.15, 0.2) is 6.54 Å². The van der Waals surface area contributed by atoms with Crippen molar-refractivity contribution < 1.29 is 18.1 Å². The molecule has 1 heterocycles. The lowest BCUT2D eigenvalue weighted by Gasteiger charge is -2.31. The fraction of sp³-hybridized carbons (Fsp3) is 0.562. The Bertz CT molecular complexity index is 719. The Morgan fingerprint density at radius 3 is 2.56 bits per heavy atom. The summed E-state index contributed by atoms with van der Waals surface area (Å²) >= 11 is 12.0. The number of carbonyl (C=O) groups is 1. The molecule has 1 amide bonds. The first-order chi connectivity index (χ1) is 11.8. The third-order valence-electron chi connectivity index (χ3n) is 4.39. The van der Waals surface area contributed by atoms with Crippen LogP contribution in [0.5, 0.6) is 0 Å². The van der Waals surface area contributed by atoms with E-state index in [0.717, 1.165) is 11.3 Å². The van der Waals surface area contributed by atoms with E-state index in [-0.39, 0.29) is 26.9 Å². The highest BCUT2D eigenvalue weighted by Gasteiger charge is 2.32. The summed E-state index contributed by atoms with van der Waals surface area (Å²) in [6, 6.07) is 4.74. The van der Waals surface area contributed by atoms with Crippen LogP contribution in [0.2, 0.25) is 10.0 Å². The number of hydrogen-bond donors (Lipinski definition) is 2. The Labute approximate surface area is 159 Å². The average molecular weight is 409 g/mol. The van der Waals surface area contributed by atoms with E-state index in [1.54, 1.807) is 12.1 Å². The summed E-state index contributed by atoms with van der Waals surface area (Å²) in [6.45, 7) is 6.18. The molecule has 1 saturated heterocycles. The largest absolute Gasteiger partial charge is 0.349 e. The molecule has 0 saturated carbocycles. The maximum absolute atomic E-state index is 12.8. The van der Waals surface area contributed by atoms with Crippen molar-refractivity contribution in [1.82, 2.24) is 9.62 Å². The lowest BCUT2D eigenvalue weighted by molar-refractivity contribution is -0.895. The van der Waals surface area contributed by atoms with Gasteiger partial charge in [-0.1, -0.05) is 36.2 Å². The minimum Gasteiger partial charge on any atom is -0.349 e. The van der Waals surface area contributed by atoms with Crippen molar-refractivity contribution in [3.63, 3.8) is 0 Å². The lowest BCUT2D eigenvalue weighted by Crippen LogP contribution is -3.15. The summed E-state index contributed by atoms with van der Waals surface area (Å²) in [4.78, 5) is 13.1. The van der Waals surface area contributed by atoms with Gasteiger partial charge in [-0.2, -0.15) is 4.31 Å². The van der Waals surface area contributed by atoms with Crippen LogP contribution in [-0.2, 0) is 14.8 Å². The Hall–Kier alpha value is -0.860. The molecule has 0 spiro atoms. The molecule has 0 aromatic heterocycles. The van der Waals surface area contributed by atoms with Gasteiger partial charge >= 0.3 is 0 Å². The Balaban J connectivity index is 1.97. The number of nitrogens with one attached hydrogen (secondary N) is 2. The number of quaternary nitrogens is 1. The van der Waals surface area contributed by atoms with E-state index in [1.165, 1.54) is 10.4 Å². The van der Waals surface area contributed by atoms with Crippen molar-refractivity contribution in [2.24, 2.45) is 0 Å². The first-order valence-electron chi connectivity index (χ1n) is 8.32. The first kappa shape index (κ1) is 20.5. The summed E-state index contributed by atoms with van der Waals surface area (Å²) in [7, 11) is -3.69. The van der Waals surface area contributed by atoms with Gasteiger partial charge < -0.3 is 10.2 Å². The number of hydrogen-bond acceptors (Lipinski definition) is 3. The van der Waals surface area contributed by atoms with Crippen molar-refractivity contribution in [2.45, 2.75) is 31.2 Å². The highest BCUT2D eigenvalue weighted by Crippen LogP contribution is 2.30. The molecule has 2 N–H and O–H groups in total. The van der Waals surface area contributed by atoms with Crippen LogP contribution in [0.3, 0.4) is 0 Å². The molecule has 140 valence electrons. The van der Waals surface area contributed by atoms with Crippen molar-refractivity contribution in [3.8, 4) is 0 Å². The van der Waals surface area contributed by atoms with Crippen molar-refractivity contribution in [1.29, 1.82) is 0 Å². The topological polar surface area (TPSA) is 70.9 Å². The van der Waals surface area contributed by atoms with Gasteiger partial charge in [-0.05, 0) is 25.5 Å². The predicted molar refractivity (Wildman–Crippen MR) is 98.7 cm³/mol. The smallest absolute Gasteiger partial charge is 0.275 e. The monoisotopic (exact) mass is 408 g/mol. The Morgan fingerprint density at radius 2 is 1.96 bits per heavy atom. The number of sulfonamides is 1. The van der Waals surface area contributed by atoms with Crippen LogP contribution in [0, 0.1) is 0 Å². The van der Waals surface area contributed by atoms with E-state index in [2.05, 4.69) is 5.32 Å². The molecule has 1 aromatic carbocycles. The molecule has 1 atom stereocenters. The van der Waals surface area contributed by atoms with Crippen molar-refractivity contribution in [2.75, 3.05) is 32.7 Å². The fourth-order valence-corrected chi connectivity index (χ4v) is 4.87. The second-order valence-corrected chi connectivity index (χ2v) is 8.95. The molecule has 1 aromatic rings. The van der Waals surface area contributed by atoms with E-state index in [0.29, 0.717) is 32.7 Å². The molecule has 0 radical (unpaired) electrons. The Morgan fingerprint density at radius 1 is 1.32 bits per heavy atom. The van der Waals surface area contributed by atoms with Crippen LogP contribution in [0.15, 0.2) is 23.1 Å². The molecular formula is C16H24Cl2N3O3S+. The van der Waals surface area contributed by atoms with Gasteiger partial charge in [0.2, 0.25) is 10.0 Å². The SMILES string of the molecule is CC[C@H](C)NC(=O)C[NH+]1CCN(S(=O)(=O)c2cccc(Cl)c2Cl)CC1. The second-order valence-electron chi connectivity index (χ2n) is 6.26. The fourth-order valence-electron chi connectivity index (χ4n) is 2.70. The molecule has 9 heteroatoms. The summed E-state index contributed by atoms with van der Waals surface area (Å²) in [5.74, 6) is -0.00135. The quantitative estimate of drug-likeness (QED) is 0.730. The van der Waals surface area contributed by atoms with Gasteiger partial charge in [0.25, 0.3) is 5.91 Å². The number of carbonyl (C=O) groups excluding carboxylic acids is 1. The number of amides is 1. The van der Waals surface area contributed by atoms with Crippen LogP contribution in [0.25, 0.3) is 0 Å². The minimum atomic E-state index is -3.69. The van der Waals surface area contributed by atoms with E-state index in [9.17, 15) is 13.2 Å². The average Bonchev–Trinajstić information content (AvgIpc) is 2.57. The number of rotatable bonds is 6. The minimum absolute atomic E-state index is 0.00135. The molecule has 1 aliphatic heterocycles. The van der Waals surface area contributed by atoms with Gasteiger partial charge in [-0.15, -0.1) is 0 Å². The molecule has 2 rings (SSSR count). The van der Waals surface area contributed by atoms with E-state index in [4.69, 9.17) is 23.2 Å². The molecule has 25 heavy (non-hydrogen) atoms. The molecule has 1 aliphatic rings. The predicted octanol–water partition coefficient (Wildman–Crippen LogP) is 0.797. The van der Waals surface area contributed by atoms with Crippen LogP contribution in [0.1, 0.15) is 20.3 Å². The van der Waals surface area contributed by atoms with Crippen molar-refractivity contribution in [3.05, 3.63) is 28.2 Å². The standard InChI is InChI=1S/C16H23Cl2N3O3S/c1-3-12(2)19-15(22)11-20-7-9-21(10-8-20)25(23,24)14-6-4-5-13(17)16(14)18/h4-6,12H,3,7-11H2,1-2H3,(H,19,22)/p+1/t12-/m0/s1. The number of piperazine rings is 1. The molecule has 1 fully saturated rings. The van der Waals surface area contributed by atoms with E-state index in [1.807, 2.05) is 13.8 Å². The number of halogens is 2. The van der Waals surface area contributed by atoms with Gasteiger partial charge in [0, 0.05) is 6.04 Å². The van der Waals surface area contributed by atoms with E-state index >= 15 is 0 Å². The first-order valence-corrected chi connectivity index (χ1v) is 10.5. The Kier molecular flexibility index (Phi) is 7.10. The zero-order valence-electron chi connectivity index (χ0n) is 14.4. The highest BCUT2D eigenvalue weighted by atomic mass is 35.5. The van der Waals surface area contributed by atoms with Gasteiger partial charge in [0.05, 0.1) is 36.2 Å². The molecule has 0 unspecified atom stereocenters. The molecule has 0 bridgehead atoms. The van der Waals surface area contributed by atoms with E-state index < -0.39 is 10.0 Å². The summed E-state index contributed by atoms with van der Waals surface area (Å²) < 4.78 is 26.9. The number of nitrogens with zero attached hydrogens (tertiary/aromatic N) is 1. The molecule has 0 aliphatic carbocycles. The zero-order valence-corrected chi connectivity index (χ0v) is 16.7. The number of benzene rings is 1. The van der Waals surface area contributed by atoms with Gasteiger partial charge in [-0.3, -0.25) is 4.79 Å². The maximum atomic E-state index is 12.8. The second kappa shape index (κ2) is 8.68. The van der Waals surface area contributed by atoms with Gasteiger partial charge in [-0.25, -0.2) is 8.42 Å². The summed E-state index contributed by atoms with van der Waals surface area (Å²) in [6.07, 6.45) is 0.882. The molecular weight excluding hydrogens is 385 g/mol. The third kappa shape index (κ3) is 5.08. The lowest BCUT2D eigenvalue weighted by atomic mass is 10.2. The summed E-state index contributed by atoms with van der Waals surface area (Å²) in [5.41, 5.74) is 0. The van der Waals surface area contributed by atoms with Crippen LogP contribution in [0.4, 0.5) is 0 Å². The van der Waals surface area contributed by atoms with Crippen LogP contribution >= 0.6 is 23.2 Å². The highest BCUT2D eigenvalue weighted by molar-refractivity contribution is 7.89. The van der Waals surface area contributed by atoms with Crippen LogP contribution < -0.4 is 10.2 Å². The van der Waals surface area contributed by atoms with Crippen molar-refractivity contribution >= 4 is 39.1 Å². The van der Waals surface area contributed by atoms with Gasteiger partial charge in [0.1, 0.15) is 4.90 Å². The third-order valence-corrected chi connectivity index (χ3v) is 7.27. The zero-order chi connectivity index (χ0) is 18.6. The molecule has 6 nitrogen and oxygen atoms in total. The maximum Gasteiger partial charge on any atom is 0.275 e. The summed E-state index contributed by atoms with van der Waals surface area (Å²) in [5, 5.41) is 3.20.